The first-order valence-corrected chi connectivity index (χ1v) is 5.56. The molecule has 0 aliphatic carbocycles. The normalized spacial score (nSPS) is 15.4. The van der Waals surface area contributed by atoms with E-state index in [0.29, 0.717) is 26.3 Å². The Morgan fingerprint density at radius 3 is 2.58 bits per heavy atom. The van der Waals surface area contributed by atoms with Gasteiger partial charge in [0.1, 0.15) is 11.7 Å². The summed E-state index contributed by atoms with van der Waals surface area (Å²) in [5, 5.41) is 18.4. The zero-order valence-corrected chi connectivity index (χ0v) is 9.86. The molecular weight excluding hydrogens is 260 g/mol. The van der Waals surface area contributed by atoms with Crippen molar-refractivity contribution in [3.05, 3.63) is 39.4 Å². The quantitative estimate of drug-likeness (QED) is 0.383. The van der Waals surface area contributed by atoms with Crippen LogP contribution < -0.4 is 0 Å². The Kier molecular flexibility index (Phi) is 3.70. The van der Waals surface area contributed by atoms with Gasteiger partial charge in [-0.2, -0.15) is 4.39 Å². The van der Waals surface area contributed by atoms with Gasteiger partial charge in [0.2, 0.25) is 5.82 Å². The molecule has 1 aliphatic heterocycles. The van der Waals surface area contributed by atoms with E-state index in [1.54, 1.807) is 0 Å². The van der Waals surface area contributed by atoms with Gasteiger partial charge in [0.25, 0.3) is 0 Å². The van der Waals surface area contributed by atoms with Crippen molar-refractivity contribution in [3.8, 4) is 0 Å². The largest absolute Gasteiger partial charge is 0.378 e. The zero-order chi connectivity index (χ0) is 14.0. The number of rotatable bonds is 2. The fourth-order valence-corrected chi connectivity index (χ4v) is 1.84. The second kappa shape index (κ2) is 5.27. The second-order valence-electron chi connectivity index (χ2n) is 3.96. The smallest absolute Gasteiger partial charge is 0.305 e. The molecule has 0 bridgehead atoms. The number of nitro groups is 1. The van der Waals surface area contributed by atoms with Crippen molar-refractivity contribution in [3.63, 3.8) is 0 Å². The number of nitrogens with zero attached hydrogens (tertiary/aromatic N) is 2. The highest BCUT2D eigenvalue weighted by Gasteiger charge is 2.27. The fourth-order valence-electron chi connectivity index (χ4n) is 1.84. The summed E-state index contributed by atoms with van der Waals surface area (Å²) in [7, 11) is 0. The average Bonchev–Trinajstić information content (AvgIpc) is 2.39. The molecule has 0 unspecified atom stereocenters. The van der Waals surface area contributed by atoms with E-state index in [2.05, 4.69) is 0 Å². The first-order chi connectivity index (χ1) is 9.02. The van der Waals surface area contributed by atoms with Crippen molar-refractivity contribution in [1.82, 2.24) is 4.90 Å². The van der Waals surface area contributed by atoms with Crippen LogP contribution in [0.2, 0.25) is 0 Å². The van der Waals surface area contributed by atoms with Gasteiger partial charge < -0.3 is 9.64 Å². The van der Waals surface area contributed by atoms with Crippen LogP contribution in [-0.4, -0.2) is 42.0 Å². The molecule has 0 aromatic heterocycles. The molecule has 6 nitrogen and oxygen atoms in total. The number of hydrogen-bond acceptors (Lipinski definition) is 4. The van der Waals surface area contributed by atoms with Crippen molar-refractivity contribution in [2.24, 2.45) is 0 Å². The van der Waals surface area contributed by atoms with Crippen LogP contribution in [0.1, 0.15) is 5.56 Å². The van der Waals surface area contributed by atoms with Crippen molar-refractivity contribution in [2.45, 2.75) is 0 Å². The Labute approximate surface area is 107 Å². The summed E-state index contributed by atoms with van der Waals surface area (Å²) < 4.78 is 32.6. The minimum absolute atomic E-state index is 0.320. The van der Waals surface area contributed by atoms with Gasteiger partial charge in [-0.25, -0.2) is 4.39 Å². The molecular formula is C11H11F2N3O3. The topological polar surface area (TPSA) is 79.5 Å². The molecule has 0 saturated carbocycles. The van der Waals surface area contributed by atoms with E-state index in [4.69, 9.17) is 10.1 Å². The maximum Gasteiger partial charge on any atom is 0.305 e. The predicted molar refractivity (Wildman–Crippen MR) is 62.2 cm³/mol. The van der Waals surface area contributed by atoms with Gasteiger partial charge in [0, 0.05) is 19.2 Å². The average molecular weight is 271 g/mol. The summed E-state index contributed by atoms with van der Waals surface area (Å²) in [5.74, 6) is -2.71. The van der Waals surface area contributed by atoms with E-state index in [0.717, 1.165) is 12.1 Å². The van der Waals surface area contributed by atoms with Crippen LogP contribution in [0.5, 0.6) is 0 Å². The van der Waals surface area contributed by atoms with Crippen LogP contribution in [0.25, 0.3) is 0 Å². The number of morpholine rings is 1. The second-order valence-corrected chi connectivity index (χ2v) is 3.96. The highest BCUT2D eigenvalue weighted by Crippen LogP contribution is 2.24. The highest BCUT2D eigenvalue weighted by molar-refractivity contribution is 5.97. The summed E-state index contributed by atoms with van der Waals surface area (Å²) in [6.07, 6.45) is 0. The van der Waals surface area contributed by atoms with Crippen molar-refractivity contribution < 1.29 is 18.4 Å². The minimum Gasteiger partial charge on any atom is -0.378 e. The monoisotopic (exact) mass is 271 g/mol. The van der Waals surface area contributed by atoms with Crippen LogP contribution in [0.3, 0.4) is 0 Å². The number of ether oxygens (including phenoxy) is 1. The third kappa shape index (κ3) is 2.53. The Balaban J connectivity index is 2.40. The summed E-state index contributed by atoms with van der Waals surface area (Å²) in [5.41, 5.74) is -1.51. The number of nitro benzene ring substituents is 1. The maximum absolute atomic E-state index is 13.9. The van der Waals surface area contributed by atoms with Crippen LogP contribution in [0, 0.1) is 27.2 Å². The molecule has 1 fully saturated rings. The zero-order valence-electron chi connectivity index (χ0n) is 9.86. The molecule has 1 heterocycles. The van der Waals surface area contributed by atoms with Crippen molar-refractivity contribution in [2.75, 3.05) is 26.3 Å². The number of nitrogens with one attached hydrogen (secondary N) is 1. The standard InChI is InChI=1S/C11H11F2N3O3/c12-7-1-2-8(16(17)18)10(13)9(7)11(14)15-3-5-19-6-4-15/h1-2,14H,3-6H2. The molecule has 0 radical (unpaired) electrons. The van der Waals surface area contributed by atoms with E-state index in [1.807, 2.05) is 0 Å². The van der Waals surface area contributed by atoms with Crippen molar-refractivity contribution >= 4 is 11.5 Å². The van der Waals surface area contributed by atoms with Gasteiger partial charge in [-0.1, -0.05) is 0 Å². The van der Waals surface area contributed by atoms with Crippen molar-refractivity contribution in [1.29, 1.82) is 5.41 Å². The number of hydrogen-bond donors (Lipinski definition) is 1. The lowest BCUT2D eigenvalue weighted by Crippen LogP contribution is -2.41. The van der Waals surface area contributed by atoms with Crippen LogP contribution in [-0.2, 0) is 4.74 Å². The van der Waals surface area contributed by atoms with E-state index in [9.17, 15) is 18.9 Å². The summed E-state index contributed by atoms with van der Waals surface area (Å²) in [4.78, 5) is 11.1. The summed E-state index contributed by atoms with van der Waals surface area (Å²) in [6.45, 7) is 1.34. The molecule has 0 spiro atoms. The highest BCUT2D eigenvalue weighted by atomic mass is 19.1. The van der Waals surface area contributed by atoms with Gasteiger partial charge in [0.15, 0.2) is 0 Å². The maximum atomic E-state index is 13.9. The first-order valence-electron chi connectivity index (χ1n) is 5.56. The van der Waals surface area contributed by atoms with Gasteiger partial charge in [-0.05, 0) is 6.07 Å². The molecule has 1 saturated heterocycles. The molecule has 0 atom stereocenters. The molecule has 2 rings (SSSR count). The predicted octanol–water partition coefficient (Wildman–Crippen LogP) is 1.53. The van der Waals surface area contributed by atoms with Crippen LogP contribution in [0.4, 0.5) is 14.5 Å². The number of benzene rings is 1. The van der Waals surface area contributed by atoms with Crippen LogP contribution in [0.15, 0.2) is 12.1 Å². The lowest BCUT2D eigenvalue weighted by Gasteiger charge is -2.29. The van der Waals surface area contributed by atoms with E-state index < -0.39 is 33.6 Å². The summed E-state index contributed by atoms with van der Waals surface area (Å²) in [6, 6.07) is 1.55. The molecule has 1 aromatic rings. The molecule has 102 valence electrons. The van der Waals surface area contributed by atoms with E-state index in [1.165, 1.54) is 4.90 Å². The Morgan fingerprint density at radius 1 is 1.37 bits per heavy atom. The lowest BCUT2D eigenvalue weighted by atomic mass is 10.1. The van der Waals surface area contributed by atoms with Gasteiger partial charge >= 0.3 is 5.69 Å². The van der Waals surface area contributed by atoms with Gasteiger partial charge in [0.05, 0.1) is 23.7 Å². The molecule has 8 heteroatoms. The molecule has 19 heavy (non-hydrogen) atoms. The number of amidine groups is 1. The van der Waals surface area contributed by atoms with Crippen LogP contribution >= 0.6 is 0 Å². The first kappa shape index (κ1) is 13.3. The van der Waals surface area contributed by atoms with E-state index in [-0.39, 0.29) is 0 Å². The minimum atomic E-state index is -1.32. The third-order valence-electron chi connectivity index (χ3n) is 2.83. The van der Waals surface area contributed by atoms with Gasteiger partial charge in [-0.3, -0.25) is 15.5 Å². The Morgan fingerprint density at radius 2 is 2.00 bits per heavy atom. The molecule has 1 aromatic carbocycles. The molecule has 1 aliphatic rings. The van der Waals surface area contributed by atoms with E-state index >= 15 is 0 Å². The third-order valence-corrected chi connectivity index (χ3v) is 2.83. The lowest BCUT2D eigenvalue weighted by molar-refractivity contribution is -0.387. The summed E-state index contributed by atoms with van der Waals surface area (Å²) >= 11 is 0. The Bertz CT molecular complexity index is 530. The molecule has 0 amide bonds. The Hall–Kier alpha value is -2.09. The molecule has 1 N–H and O–H groups in total. The SMILES string of the molecule is N=C(c1c(F)ccc([N+](=O)[O-])c1F)N1CCOCC1. The number of halogens is 2. The fraction of sp³-hybridized carbons (Fsp3) is 0.364. The van der Waals surface area contributed by atoms with Gasteiger partial charge in [-0.15, -0.1) is 0 Å².